The number of hydrogen-bond donors (Lipinski definition) is 1. The van der Waals surface area contributed by atoms with Crippen LogP contribution in [0.1, 0.15) is 31.9 Å². The van der Waals surface area contributed by atoms with E-state index in [1.807, 2.05) is 56.3 Å². The molecule has 0 fully saturated rings. The summed E-state index contributed by atoms with van der Waals surface area (Å²) in [5, 5.41) is 5.44. The van der Waals surface area contributed by atoms with E-state index in [-0.39, 0.29) is 11.9 Å². The van der Waals surface area contributed by atoms with Gasteiger partial charge in [-0.25, -0.2) is 0 Å². The van der Waals surface area contributed by atoms with Gasteiger partial charge in [-0.2, -0.15) is 0 Å². The molecule has 0 aliphatic heterocycles. The molecule has 128 valence electrons. The number of rotatable bonds is 6. The van der Waals surface area contributed by atoms with Crippen LogP contribution in [0.25, 0.3) is 10.8 Å². The molecule has 0 aromatic heterocycles. The Labute approximate surface area is 148 Å². The Morgan fingerprint density at radius 2 is 1.64 bits per heavy atom. The molecule has 0 heterocycles. The fourth-order valence-electron chi connectivity index (χ4n) is 2.85. The molecule has 3 nitrogen and oxygen atoms in total. The second-order valence-electron chi connectivity index (χ2n) is 6.16. The molecular weight excluding hydrogens is 310 g/mol. The number of hydrogen-bond acceptors (Lipinski definition) is 2. The molecule has 0 aliphatic rings. The van der Waals surface area contributed by atoms with E-state index < -0.39 is 6.10 Å². The van der Waals surface area contributed by atoms with Crippen molar-refractivity contribution in [1.82, 2.24) is 5.32 Å². The van der Waals surface area contributed by atoms with Crippen LogP contribution in [-0.2, 0) is 4.79 Å². The SMILES string of the molecule is CC[C@@H](Oc1ccccc1)C(=O)N[C@@H](C)c1ccc2ccccc2c1. The summed E-state index contributed by atoms with van der Waals surface area (Å²) in [5.41, 5.74) is 1.08. The molecule has 3 aromatic rings. The molecule has 1 N–H and O–H groups in total. The molecule has 0 radical (unpaired) electrons. The molecule has 0 spiro atoms. The van der Waals surface area contributed by atoms with Gasteiger partial charge in [0.15, 0.2) is 6.10 Å². The number of ether oxygens (including phenoxy) is 1. The van der Waals surface area contributed by atoms with Gasteiger partial charge in [-0.05, 0) is 47.9 Å². The Morgan fingerprint density at radius 1 is 0.960 bits per heavy atom. The van der Waals surface area contributed by atoms with Crippen molar-refractivity contribution in [3.8, 4) is 5.75 Å². The number of fused-ring (bicyclic) bond motifs is 1. The predicted octanol–water partition coefficient (Wildman–Crippen LogP) is 4.87. The van der Waals surface area contributed by atoms with Gasteiger partial charge in [-0.3, -0.25) is 4.79 Å². The minimum Gasteiger partial charge on any atom is -0.481 e. The largest absolute Gasteiger partial charge is 0.481 e. The first kappa shape index (κ1) is 17.0. The number of carbonyl (C=O) groups excluding carboxylic acids is 1. The van der Waals surface area contributed by atoms with Crippen molar-refractivity contribution in [3.05, 3.63) is 78.4 Å². The number of nitrogens with one attached hydrogen (secondary N) is 1. The van der Waals surface area contributed by atoms with Crippen LogP contribution in [0.3, 0.4) is 0 Å². The van der Waals surface area contributed by atoms with Gasteiger partial charge in [0.05, 0.1) is 6.04 Å². The number of benzene rings is 3. The lowest BCUT2D eigenvalue weighted by Crippen LogP contribution is -2.39. The van der Waals surface area contributed by atoms with Gasteiger partial charge in [0.1, 0.15) is 5.75 Å². The molecule has 0 saturated heterocycles. The summed E-state index contributed by atoms with van der Waals surface area (Å²) in [4.78, 5) is 12.6. The van der Waals surface area contributed by atoms with Crippen LogP contribution in [0.4, 0.5) is 0 Å². The topological polar surface area (TPSA) is 38.3 Å². The molecule has 0 saturated carbocycles. The van der Waals surface area contributed by atoms with E-state index in [9.17, 15) is 4.79 Å². The maximum absolute atomic E-state index is 12.6. The van der Waals surface area contributed by atoms with E-state index in [4.69, 9.17) is 4.74 Å². The highest BCUT2D eigenvalue weighted by Crippen LogP contribution is 2.21. The first-order chi connectivity index (χ1) is 12.2. The van der Waals surface area contributed by atoms with Crippen LogP contribution in [0.5, 0.6) is 5.75 Å². The summed E-state index contributed by atoms with van der Waals surface area (Å²) < 4.78 is 5.82. The molecule has 3 heteroatoms. The van der Waals surface area contributed by atoms with Crippen molar-refractivity contribution in [3.63, 3.8) is 0 Å². The average Bonchev–Trinajstić information content (AvgIpc) is 2.66. The highest BCUT2D eigenvalue weighted by atomic mass is 16.5. The summed E-state index contributed by atoms with van der Waals surface area (Å²) in [7, 11) is 0. The molecule has 1 amide bonds. The van der Waals surface area contributed by atoms with Crippen LogP contribution in [0, 0.1) is 0 Å². The van der Waals surface area contributed by atoms with Gasteiger partial charge in [-0.1, -0.05) is 61.5 Å². The lowest BCUT2D eigenvalue weighted by molar-refractivity contribution is -0.128. The summed E-state index contributed by atoms with van der Waals surface area (Å²) in [6.07, 6.45) is 0.121. The standard InChI is InChI=1S/C22H23NO2/c1-3-21(25-20-11-5-4-6-12-20)22(24)23-16(2)18-14-13-17-9-7-8-10-19(17)15-18/h4-16,21H,3H2,1-2H3,(H,23,24)/t16-,21+/m0/s1. The second-order valence-corrected chi connectivity index (χ2v) is 6.16. The van der Waals surface area contributed by atoms with Gasteiger partial charge >= 0.3 is 0 Å². The summed E-state index contributed by atoms with van der Waals surface area (Å²) in [6.45, 7) is 3.95. The minimum atomic E-state index is -0.495. The van der Waals surface area contributed by atoms with Crippen LogP contribution >= 0.6 is 0 Å². The molecule has 2 atom stereocenters. The molecule has 0 aliphatic carbocycles. The van der Waals surface area contributed by atoms with Crippen molar-refractivity contribution in [2.75, 3.05) is 0 Å². The molecule has 0 unspecified atom stereocenters. The maximum Gasteiger partial charge on any atom is 0.261 e. The Balaban J connectivity index is 1.69. The monoisotopic (exact) mass is 333 g/mol. The Morgan fingerprint density at radius 3 is 2.36 bits per heavy atom. The van der Waals surface area contributed by atoms with E-state index in [2.05, 4.69) is 35.6 Å². The zero-order valence-corrected chi connectivity index (χ0v) is 14.6. The summed E-state index contributed by atoms with van der Waals surface area (Å²) >= 11 is 0. The van der Waals surface area contributed by atoms with Gasteiger partial charge < -0.3 is 10.1 Å². The fraction of sp³-hybridized carbons (Fsp3) is 0.227. The zero-order valence-electron chi connectivity index (χ0n) is 14.6. The lowest BCUT2D eigenvalue weighted by Gasteiger charge is -2.21. The van der Waals surface area contributed by atoms with Crippen LogP contribution < -0.4 is 10.1 Å². The predicted molar refractivity (Wildman–Crippen MR) is 102 cm³/mol. The third kappa shape index (κ3) is 4.18. The molecule has 3 rings (SSSR count). The maximum atomic E-state index is 12.6. The Kier molecular flexibility index (Phi) is 5.34. The molecule has 0 bridgehead atoms. The highest BCUT2D eigenvalue weighted by molar-refractivity contribution is 5.84. The molecule has 25 heavy (non-hydrogen) atoms. The normalized spacial score (nSPS) is 13.2. The third-order valence-corrected chi connectivity index (χ3v) is 4.32. The summed E-state index contributed by atoms with van der Waals surface area (Å²) in [5.74, 6) is 0.620. The van der Waals surface area contributed by atoms with Gasteiger partial charge in [-0.15, -0.1) is 0 Å². The smallest absolute Gasteiger partial charge is 0.261 e. The number of carbonyl (C=O) groups is 1. The molecular formula is C22H23NO2. The van der Waals surface area contributed by atoms with Crippen LogP contribution in [0.15, 0.2) is 72.8 Å². The number of para-hydroxylation sites is 1. The van der Waals surface area contributed by atoms with E-state index in [1.54, 1.807) is 0 Å². The van der Waals surface area contributed by atoms with Crippen molar-refractivity contribution < 1.29 is 9.53 Å². The van der Waals surface area contributed by atoms with E-state index in [0.717, 1.165) is 5.56 Å². The van der Waals surface area contributed by atoms with Crippen LogP contribution in [0.2, 0.25) is 0 Å². The average molecular weight is 333 g/mol. The van der Waals surface area contributed by atoms with Gasteiger partial charge in [0.25, 0.3) is 5.91 Å². The Bertz CT molecular complexity index is 845. The van der Waals surface area contributed by atoms with Crippen molar-refractivity contribution in [2.45, 2.75) is 32.4 Å². The van der Waals surface area contributed by atoms with Crippen molar-refractivity contribution in [1.29, 1.82) is 0 Å². The van der Waals surface area contributed by atoms with Crippen molar-refractivity contribution >= 4 is 16.7 Å². The van der Waals surface area contributed by atoms with Crippen molar-refractivity contribution in [2.24, 2.45) is 0 Å². The zero-order chi connectivity index (χ0) is 17.6. The first-order valence-electron chi connectivity index (χ1n) is 8.68. The lowest BCUT2D eigenvalue weighted by atomic mass is 10.0. The first-order valence-corrected chi connectivity index (χ1v) is 8.68. The molecule has 3 aromatic carbocycles. The van der Waals surface area contributed by atoms with Gasteiger partial charge in [0.2, 0.25) is 0 Å². The van der Waals surface area contributed by atoms with E-state index in [1.165, 1.54) is 10.8 Å². The summed E-state index contributed by atoms with van der Waals surface area (Å²) in [6, 6.07) is 23.9. The second kappa shape index (κ2) is 7.84. The Hall–Kier alpha value is -2.81. The van der Waals surface area contributed by atoms with E-state index in [0.29, 0.717) is 12.2 Å². The fourth-order valence-corrected chi connectivity index (χ4v) is 2.85. The minimum absolute atomic E-state index is 0.0782. The quantitative estimate of drug-likeness (QED) is 0.698. The number of amides is 1. The van der Waals surface area contributed by atoms with E-state index >= 15 is 0 Å². The van der Waals surface area contributed by atoms with Gasteiger partial charge in [0, 0.05) is 0 Å². The highest BCUT2D eigenvalue weighted by Gasteiger charge is 2.20. The third-order valence-electron chi connectivity index (χ3n) is 4.32. The van der Waals surface area contributed by atoms with Crippen LogP contribution in [-0.4, -0.2) is 12.0 Å².